The van der Waals surface area contributed by atoms with Gasteiger partial charge in [0.15, 0.2) is 5.96 Å². The Balaban J connectivity index is 1.56. The molecule has 0 aromatic carbocycles. The monoisotopic (exact) mass is 336 g/mol. The van der Waals surface area contributed by atoms with E-state index in [1.807, 2.05) is 7.05 Å². The van der Waals surface area contributed by atoms with Crippen LogP contribution in [0.4, 0.5) is 0 Å². The van der Waals surface area contributed by atoms with Crippen molar-refractivity contribution in [1.82, 2.24) is 15.5 Å². The summed E-state index contributed by atoms with van der Waals surface area (Å²) in [6, 6.07) is 0.581. The summed E-state index contributed by atoms with van der Waals surface area (Å²) in [5.74, 6) is 1.82. The van der Waals surface area contributed by atoms with Crippen LogP contribution < -0.4 is 10.6 Å². The molecule has 1 aliphatic carbocycles. The van der Waals surface area contributed by atoms with Gasteiger partial charge < -0.3 is 15.4 Å². The Hall–Kier alpha value is -0.810. The van der Waals surface area contributed by atoms with Crippen LogP contribution in [0.3, 0.4) is 0 Å². The molecule has 5 nitrogen and oxygen atoms in total. The molecule has 2 unspecified atom stereocenters. The average molecular weight is 337 g/mol. The molecule has 2 aliphatic heterocycles. The molecular formula is C19H36N4O. The summed E-state index contributed by atoms with van der Waals surface area (Å²) < 4.78 is 5.65. The molecule has 0 radical (unpaired) electrons. The van der Waals surface area contributed by atoms with E-state index >= 15 is 0 Å². The van der Waals surface area contributed by atoms with Crippen molar-refractivity contribution < 1.29 is 4.74 Å². The molecule has 138 valence electrons. The van der Waals surface area contributed by atoms with Gasteiger partial charge in [-0.3, -0.25) is 9.89 Å². The number of rotatable bonds is 4. The molecule has 0 amide bonds. The van der Waals surface area contributed by atoms with E-state index in [1.54, 1.807) is 0 Å². The lowest BCUT2D eigenvalue weighted by Crippen LogP contribution is -2.59. The fraction of sp³-hybridized carbons (Fsp3) is 0.947. The first kappa shape index (κ1) is 18.0. The Kier molecular flexibility index (Phi) is 6.39. The van der Waals surface area contributed by atoms with Crippen molar-refractivity contribution >= 4 is 5.96 Å². The van der Waals surface area contributed by atoms with Gasteiger partial charge >= 0.3 is 0 Å². The molecule has 1 saturated carbocycles. The standard InChI is InChI=1S/C19H36N4O/c1-16-6-5-7-17(14-16)22-18(20-2)21-15-19(8-12-24-13-9-19)23-10-3-4-11-23/h16-17H,3-15H2,1-2H3,(H2,20,21,22). The van der Waals surface area contributed by atoms with Gasteiger partial charge in [0.25, 0.3) is 0 Å². The highest BCUT2D eigenvalue weighted by molar-refractivity contribution is 5.80. The summed E-state index contributed by atoms with van der Waals surface area (Å²) in [6.45, 7) is 7.63. The van der Waals surface area contributed by atoms with E-state index in [0.29, 0.717) is 6.04 Å². The van der Waals surface area contributed by atoms with Crippen molar-refractivity contribution in [3.63, 3.8) is 0 Å². The number of hydrogen-bond acceptors (Lipinski definition) is 3. The van der Waals surface area contributed by atoms with Crippen LogP contribution in [0.2, 0.25) is 0 Å². The molecular weight excluding hydrogens is 300 g/mol. The second-order valence-electron chi connectivity index (χ2n) is 8.07. The predicted molar refractivity (Wildman–Crippen MR) is 99.5 cm³/mol. The van der Waals surface area contributed by atoms with Crippen molar-refractivity contribution in [1.29, 1.82) is 0 Å². The lowest BCUT2D eigenvalue weighted by molar-refractivity contribution is -0.0164. The molecule has 2 saturated heterocycles. The molecule has 5 heteroatoms. The number of hydrogen-bond donors (Lipinski definition) is 2. The highest BCUT2D eigenvalue weighted by atomic mass is 16.5. The zero-order valence-electron chi connectivity index (χ0n) is 15.6. The second-order valence-corrected chi connectivity index (χ2v) is 8.07. The number of likely N-dealkylation sites (tertiary alicyclic amines) is 1. The molecule has 0 aromatic rings. The Morgan fingerprint density at radius 3 is 2.58 bits per heavy atom. The number of guanidine groups is 1. The van der Waals surface area contributed by atoms with Crippen LogP contribution in [0.1, 0.15) is 58.3 Å². The second kappa shape index (κ2) is 8.52. The van der Waals surface area contributed by atoms with E-state index in [0.717, 1.165) is 44.5 Å². The summed E-state index contributed by atoms with van der Waals surface area (Å²) in [5.41, 5.74) is 0.256. The number of aliphatic imine (C=N–C) groups is 1. The van der Waals surface area contributed by atoms with Crippen LogP contribution in [0.5, 0.6) is 0 Å². The van der Waals surface area contributed by atoms with E-state index in [1.165, 1.54) is 51.6 Å². The lowest BCUT2D eigenvalue weighted by atomic mass is 9.87. The van der Waals surface area contributed by atoms with E-state index in [9.17, 15) is 0 Å². The summed E-state index contributed by atoms with van der Waals surface area (Å²) >= 11 is 0. The minimum atomic E-state index is 0.256. The SMILES string of the molecule is CN=C(NCC1(N2CCCC2)CCOCC1)NC1CCCC(C)C1. The lowest BCUT2D eigenvalue weighted by Gasteiger charge is -2.45. The smallest absolute Gasteiger partial charge is 0.191 e. The Morgan fingerprint density at radius 2 is 1.92 bits per heavy atom. The zero-order valence-corrected chi connectivity index (χ0v) is 15.6. The number of ether oxygens (including phenoxy) is 1. The molecule has 24 heavy (non-hydrogen) atoms. The van der Waals surface area contributed by atoms with Crippen LogP contribution in [0.15, 0.2) is 4.99 Å². The first-order chi connectivity index (χ1) is 11.7. The van der Waals surface area contributed by atoms with Gasteiger partial charge in [-0.05, 0) is 57.5 Å². The average Bonchev–Trinajstić information content (AvgIpc) is 3.15. The quantitative estimate of drug-likeness (QED) is 0.611. The Labute approximate surface area is 147 Å². The molecule has 0 spiro atoms. The summed E-state index contributed by atoms with van der Waals surface area (Å²) in [4.78, 5) is 7.20. The van der Waals surface area contributed by atoms with Crippen LogP contribution in [-0.2, 0) is 4.74 Å². The summed E-state index contributed by atoms with van der Waals surface area (Å²) in [5, 5.41) is 7.33. The minimum Gasteiger partial charge on any atom is -0.381 e. The molecule has 2 atom stereocenters. The predicted octanol–water partition coefficient (Wildman–Crippen LogP) is 2.38. The number of nitrogens with zero attached hydrogens (tertiary/aromatic N) is 2. The van der Waals surface area contributed by atoms with Crippen molar-refractivity contribution in [3.8, 4) is 0 Å². The maximum Gasteiger partial charge on any atom is 0.191 e. The molecule has 2 N–H and O–H groups in total. The van der Waals surface area contributed by atoms with Crippen LogP contribution in [-0.4, -0.2) is 62.3 Å². The molecule has 0 aromatic heterocycles. The van der Waals surface area contributed by atoms with Crippen LogP contribution >= 0.6 is 0 Å². The highest BCUT2D eigenvalue weighted by Gasteiger charge is 2.39. The van der Waals surface area contributed by atoms with Gasteiger partial charge in [-0.25, -0.2) is 0 Å². The van der Waals surface area contributed by atoms with Gasteiger partial charge in [0.1, 0.15) is 0 Å². The van der Waals surface area contributed by atoms with Crippen molar-refractivity contribution in [2.24, 2.45) is 10.9 Å². The molecule has 3 rings (SSSR count). The van der Waals surface area contributed by atoms with Gasteiger partial charge in [0, 0.05) is 38.4 Å². The summed E-state index contributed by atoms with van der Waals surface area (Å²) in [6.07, 6.45) is 10.2. The van der Waals surface area contributed by atoms with E-state index in [-0.39, 0.29) is 5.54 Å². The van der Waals surface area contributed by atoms with E-state index in [4.69, 9.17) is 4.74 Å². The topological polar surface area (TPSA) is 48.9 Å². The Bertz CT molecular complexity index is 414. The Morgan fingerprint density at radius 1 is 1.17 bits per heavy atom. The first-order valence-corrected chi connectivity index (χ1v) is 10.0. The van der Waals surface area contributed by atoms with Crippen LogP contribution in [0.25, 0.3) is 0 Å². The minimum absolute atomic E-state index is 0.256. The molecule has 0 bridgehead atoms. The van der Waals surface area contributed by atoms with Gasteiger partial charge in [0.05, 0.1) is 0 Å². The maximum absolute atomic E-state index is 5.65. The largest absolute Gasteiger partial charge is 0.381 e. The van der Waals surface area contributed by atoms with E-state index in [2.05, 4.69) is 27.4 Å². The van der Waals surface area contributed by atoms with Crippen molar-refractivity contribution in [2.45, 2.75) is 69.9 Å². The third-order valence-corrected chi connectivity index (χ3v) is 6.29. The molecule has 3 fully saturated rings. The third-order valence-electron chi connectivity index (χ3n) is 6.29. The molecule has 3 aliphatic rings. The van der Waals surface area contributed by atoms with Crippen molar-refractivity contribution in [3.05, 3.63) is 0 Å². The third kappa shape index (κ3) is 4.42. The van der Waals surface area contributed by atoms with Gasteiger partial charge in [-0.1, -0.05) is 19.8 Å². The fourth-order valence-corrected chi connectivity index (χ4v) is 4.75. The van der Waals surface area contributed by atoms with Gasteiger partial charge in [-0.15, -0.1) is 0 Å². The van der Waals surface area contributed by atoms with Gasteiger partial charge in [0.2, 0.25) is 0 Å². The maximum atomic E-state index is 5.65. The first-order valence-electron chi connectivity index (χ1n) is 10.0. The van der Waals surface area contributed by atoms with Crippen molar-refractivity contribution in [2.75, 3.05) is 39.9 Å². The zero-order chi connectivity index (χ0) is 16.8. The summed E-state index contributed by atoms with van der Waals surface area (Å²) in [7, 11) is 1.90. The van der Waals surface area contributed by atoms with Gasteiger partial charge in [-0.2, -0.15) is 0 Å². The molecule has 2 heterocycles. The van der Waals surface area contributed by atoms with E-state index < -0.39 is 0 Å². The fourth-order valence-electron chi connectivity index (χ4n) is 4.75. The normalized spacial score (nSPS) is 31.8. The number of nitrogens with one attached hydrogen (secondary N) is 2. The van der Waals surface area contributed by atoms with Crippen LogP contribution in [0, 0.1) is 5.92 Å². The highest BCUT2D eigenvalue weighted by Crippen LogP contribution is 2.30.